The van der Waals surface area contributed by atoms with E-state index in [1.165, 1.54) is 36.4 Å². The van der Waals surface area contributed by atoms with Gasteiger partial charge in [0.1, 0.15) is 0 Å². The van der Waals surface area contributed by atoms with Gasteiger partial charge in [0.25, 0.3) is 0 Å². The van der Waals surface area contributed by atoms with Gasteiger partial charge in [-0.15, -0.1) is 0 Å². The molecule has 0 unspecified atom stereocenters. The molecular weight excluding hydrogens is 316 g/mol. The van der Waals surface area contributed by atoms with E-state index in [2.05, 4.69) is 0 Å². The summed E-state index contributed by atoms with van der Waals surface area (Å²) in [7, 11) is 0. The van der Waals surface area contributed by atoms with E-state index in [0.29, 0.717) is 11.1 Å². The van der Waals surface area contributed by atoms with Crippen molar-refractivity contribution in [1.29, 1.82) is 0 Å². The zero-order chi connectivity index (χ0) is 18.3. The number of aliphatic hydroxyl groups is 2. The lowest BCUT2D eigenvalue weighted by Crippen LogP contribution is -2.11. The zero-order valence-corrected chi connectivity index (χ0v) is 12.9. The highest BCUT2D eigenvalue weighted by atomic mass is 16.3. The lowest BCUT2D eigenvalue weighted by molar-refractivity contribution is 0.186. The van der Waals surface area contributed by atoms with Gasteiger partial charge in [0.2, 0.25) is 0 Å². The Hall–Kier alpha value is -2.52. The van der Waals surface area contributed by atoms with Gasteiger partial charge in [-0.3, -0.25) is 0 Å². The molecule has 8 heteroatoms. The van der Waals surface area contributed by atoms with E-state index in [1.807, 2.05) is 0 Å². The van der Waals surface area contributed by atoms with Crippen molar-refractivity contribution in [2.75, 3.05) is 13.1 Å². The number of aliphatic hydroxyl groups excluding tert-OH is 2. The molecule has 0 amide bonds. The fraction of sp³-hybridized carbons (Fsp3) is 0.250. The Balaban J connectivity index is 0.000000240. The Bertz CT molecular complexity index is 608. The van der Waals surface area contributed by atoms with Gasteiger partial charge in [0.15, 0.2) is 23.0 Å². The molecule has 0 spiro atoms. The van der Waals surface area contributed by atoms with Crippen LogP contribution in [0.2, 0.25) is 0 Å². The molecule has 2 atom stereocenters. The van der Waals surface area contributed by atoms with Gasteiger partial charge in [-0.2, -0.15) is 0 Å². The van der Waals surface area contributed by atoms with Crippen molar-refractivity contribution in [2.45, 2.75) is 12.2 Å². The maximum absolute atomic E-state index is 9.23. The van der Waals surface area contributed by atoms with E-state index in [4.69, 9.17) is 31.9 Å². The van der Waals surface area contributed by atoms with Crippen LogP contribution in [0.5, 0.6) is 23.0 Å². The Morgan fingerprint density at radius 1 is 0.625 bits per heavy atom. The second-order valence-electron chi connectivity index (χ2n) is 5.00. The molecule has 0 radical (unpaired) electrons. The van der Waals surface area contributed by atoms with Crippen molar-refractivity contribution in [1.82, 2.24) is 0 Å². The lowest BCUT2D eigenvalue weighted by atomic mass is 10.1. The van der Waals surface area contributed by atoms with Crippen LogP contribution in [0.3, 0.4) is 0 Å². The van der Waals surface area contributed by atoms with Gasteiger partial charge in [-0.05, 0) is 35.4 Å². The molecule has 0 bridgehead atoms. The van der Waals surface area contributed by atoms with Crippen LogP contribution < -0.4 is 11.5 Å². The van der Waals surface area contributed by atoms with Gasteiger partial charge in [0, 0.05) is 13.1 Å². The number of phenols is 4. The van der Waals surface area contributed by atoms with Crippen molar-refractivity contribution in [3.63, 3.8) is 0 Å². The van der Waals surface area contributed by atoms with Gasteiger partial charge in [0.05, 0.1) is 12.2 Å². The average Bonchev–Trinajstić information content (AvgIpc) is 2.58. The fourth-order valence-corrected chi connectivity index (χ4v) is 1.77. The molecule has 0 aromatic heterocycles. The Morgan fingerprint density at radius 2 is 0.958 bits per heavy atom. The molecule has 2 aromatic rings. The summed E-state index contributed by atoms with van der Waals surface area (Å²) in [5, 5.41) is 54.4. The smallest absolute Gasteiger partial charge is 0.157 e. The Morgan fingerprint density at radius 3 is 1.21 bits per heavy atom. The van der Waals surface area contributed by atoms with Gasteiger partial charge in [-0.1, -0.05) is 12.1 Å². The third-order valence-electron chi connectivity index (χ3n) is 3.22. The standard InChI is InChI=1S/2C8H11NO3/c2*9-4-8(12)5-1-2-6(10)7(11)3-5/h2*1-3,8,10-12H,4,9H2/t2*8-/m00/s1. The number of rotatable bonds is 4. The summed E-state index contributed by atoms with van der Waals surface area (Å²) < 4.78 is 0. The van der Waals surface area contributed by atoms with Crippen LogP contribution in [-0.4, -0.2) is 43.7 Å². The van der Waals surface area contributed by atoms with E-state index in [-0.39, 0.29) is 36.1 Å². The minimum absolute atomic E-state index is 0.0875. The average molecular weight is 338 g/mol. The number of aromatic hydroxyl groups is 4. The summed E-state index contributed by atoms with van der Waals surface area (Å²) in [4.78, 5) is 0. The van der Waals surface area contributed by atoms with Crippen molar-refractivity contribution < 1.29 is 30.6 Å². The summed E-state index contributed by atoms with van der Waals surface area (Å²) in [6, 6.07) is 8.20. The van der Waals surface area contributed by atoms with Crippen LogP contribution in [0.25, 0.3) is 0 Å². The number of hydrogen-bond acceptors (Lipinski definition) is 8. The van der Waals surface area contributed by atoms with Crippen LogP contribution in [-0.2, 0) is 0 Å². The fourth-order valence-electron chi connectivity index (χ4n) is 1.77. The number of nitrogens with two attached hydrogens (primary N) is 2. The van der Waals surface area contributed by atoms with Crippen molar-refractivity contribution in [2.24, 2.45) is 11.5 Å². The Kier molecular flexibility index (Phi) is 7.28. The molecule has 2 aromatic carbocycles. The molecule has 0 heterocycles. The number of phenolic OH excluding ortho intramolecular Hbond substituents is 4. The summed E-state index contributed by atoms with van der Waals surface area (Å²) in [5.41, 5.74) is 11.4. The zero-order valence-electron chi connectivity index (χ0n) is 12.9. The van der Waals surface area contributed by atoms with Gasteiger partial charge in [-0.25, -0.2) is 0 Å². The minimum atomic E-state index is -0.795. The van der Waals surface area contributed by atoms with E-state index in [1.54, 1.807) is 0 Å². The quantitative estimate of drug-likeness (QED) is 0.364. The normalized spacial score (nSPS) is 12.8. The van der Waals surface area contributed by atoms with E-state index < -0.39 is 12.2 Å². The summed E-state index contributed by atoms with van der Waals surface area (Å²) >= 11 is 0. The lowest BCUT2D eigenvalue weighted by Gasteiger charge is -2.08. The second kappa shape index (κ2) is 8.94. The summed E-state index contributed by atoms with van der Waals surface area (Å²) in [6.45, 7) is 0.175. The maximum Gasteiger partial charge on any atom is 0.157 e. The largest absolute Gasteiger partial charge is 0.504 e. The molecule has 0 fully saturated rings. The van der Waals surface area contributed by atoms with Crippen LogP contribution in [0.1, 0.15) is 23.3 Å². The first-order valence-electron chi connectivity index (χ1n) is 7.10. The Labute approximate surface area is 138 Å². The molecule has 2 rings (SSSR count). The predicted octanol–water partition coefficient (Wildman–Crippen LogP) is 0.180. The van der Waals surface area contributed by atoms with Crippen molar-refractivity contribution >= 4 is 0 Å². The van der Waals surface area contributed by atoms with E-state index in [9.17, 15) is 10.2 Å². The van der Waals surface area contributed by atoms with Crippen LogP contribution >= 0.6 is 0 Å². The number of benzene rings is 2. The molecule has 0 saturated heterocycles. The maximum atomic E-state index is 9.23. The molecule has 8 nitrogen and oxygen atoms in total. The number of hydrogen-bond donors (Lipinski definition) is 8. The summed E-state index contributed by atoms with van der Waals surface area (Å²) in [6.07, 6.45) is -1.59. The topological polar surface area (TPSA) is 173 Å². The molecule has 0 aliphatic rings. The van der Waals surface area contributed by atoms with Crippen molar-refractivity contribution in [3.8, 4) is 23.0 Å². The SMILES string of the molecule is NC[C@H](O)c1ccc(O)c(O)c1.NC[C@H](O)c1ccc(O)c(O)c1. The summed E-state index contributed by atoms with van der Waals surface area (Å²) in [5.74, 6) is -0.911. The van der Waals surface area contributed by atoms with Crippen LogP contribution in [0, 0.1) is 0 Å². The second-order valence-corrected chi connectivity index (χ2v) is 5.00. The van der Waals surface area contributed by atoms with Crippen LogP contribution in [0.4, 0.5) is 0 Å². The molecule has 0 aliphatic carbocycles. The molecule has 132 valence electrons. The molecule has 0 saturated carbocycles. The predicted molar refractivity (Wildman–Crippen MR) is 87.6 cm³/mol. The van der Waals surface area contributed by atoms with Gasteiger partial charge < -0.3 is 42.1 Å². The van der Waals surface area contributed by atoms with Crippen molar-refractivity contribution in [3.05, 3.63) is 47.5 Å². The monoisotopic (exact) mass is 338 g/mol. The highest BCUT2D eigenvalue weighted by Gasteiger charge is 2.08. The first-order valence-corrected chi connectivity index (χ1v) is 7.10. The molecule has 0 aliphatic heterocycles. The molecule has 24 heavy (non-hydrogen) atoms. The third-order valence-corrected chi connectivity index (χ3v) is 3.22. The van der Waals surface area contributed by atoms with E-state index >= 15 is 0 Å². The highest BCUT2D eigenvalue weighted by molar-refractivity contribution is 5.41. The van der Waals surface area contributed by atoms with E-state index in [0.717, 1.165) is 0 Å². The molecular formula is C16H22N2O6. The highest BCUT2D eigenvalue weighted by Crippen LogP contribution is 2.28. The van der Waals surface area contributed by atoms with Gasteiger partial charge >= 0.3 is 0 Å². The molecule has 10 N–H and O–H groups in total. The van der Waals surface area contributed by atoms with Crippen LogP contribution in [0.15, 0.2) is 36.4 Å². The first-order chi connectivity index (χ1) is 11.3. The minimum Gasteiger partial charge on any atom is -0.504 e. The first kappa shape index (κ1) is 19.5. The third kappa shape index (κ3) is 5.28.